The molecule has 0 heterocycles. The normalized spacial score (nSPS) is 14.5. The average Bonchev–Trinajstić information content (AvgIpc) is 2.41. The van der Waals surface area contributed by atoms with Crippen LogP contribution in [0.15, 0.2) is 0 Å². The third-order valence-electron chi connectivity index (χ3n) is 3.71. The fourth-order valence-electron chi connectivity index (χ4n) is 2.06. The summed E-state index contributed by atoms with van der Waals surface area (Å²) in [6.07, 6.45) is -0.475. The summed E-state index contributed by atoms with van der Waals surface area (Å²) in [5.74, 6) is -8.37. The fraction of sp³-hybridized carbons (Fsp3) is 0.667. The molecule has 1 amide bonds. The van der Waals surface area contributed by atoms with Crippen molar-refractivity contribution in [3.8, 4) is 0 Å². The van der Waals surface area contributed by atoms with E-state index in [-0.39, 0.29) is 6.54 Å². The molecule has 0 radical (unpaired) electrons. The Balaban J connectivity index is 6.33. The molecule has 5 N–H and O–H groups in total. The van der Waals surface area contributed by atoms with Gasteiger partial charge in [-0.05, 0) is 13.3 Å². The molecule has 1 atom stereocenters. The molecule has 24 heavy (non-hydrogen) atoms. The van der Waals surface area contributed by atoms with E-state index in [0.29, 0.717) is 19.8 Å². The van der Waals surface area contributed by atoms with Gasteiger partial charge in [0.05, 0.1) is 6.42 Å². The average molecular weight is 369 g/mol. The van der Waals surface area contributed by atoms with Crippen molar-refractivity contribution in [1.29, 1.82) is 0 Å². The second-order valence-corrected chi connectivity index (χ2v) is 6.87. The first kappa shape index (κ1) is 21.8. The van der Waals surface area contributed by atoms with Gasteiger partial charge in [0.15, 0.2) is 5.41 Å². The monoisotopic (exact) mass is 369 g/mol. The molecule has 1 unspecified atom stereocenters. The van der Waals surface area contributed by atoms with Gasteiger partial charge in [0.25, 0.3) is 10.1 Å². The Bertz CT molecular complexity index is 626. The van der Waals surface area contributed by atoms with Crippen LogP contribution in [0.1, 0.15) is 33.1 Å². The maximum absolute atomic E-state index is 11.8. The minimum atomic E-state index is -5.82. The van der Waals surface area contributed by atoms with Crippen LogP contribution in [0.3, 0.4) is 0 Å². The second kappa shape index (κ2) is 7.57. The van der Waals surface area contributed by atoms with E-state index in [9.17, 15) is 37.3 Å². The third-order valence-corrected chi connectivity index (χ3v) is 5.32. The minimum Gasteiger partial charge on any atom is -0.480 e. The van der Waals surface area contributed by atoms with Crippen LogP contribution in [0.25, 0.3) is 0 Å². The number of hydrogen-bond donors (Lipinski definition) is 5. The van der Waals surface area contributed by atoms with Crippen molar-refractivity contribution in [2.45, 2.75) is 37.9 Å². The van der Waals surface area contributed by atoms with Crippen LogP contribution in [-0.4, -0.2) is 63.4 Å². The quantitative estimate of drug-likeness (QED) is 0.184. The van der Waals surface area contributed by atoms with E-state index < -0.39 is 50.5 Å². The summed E-state index contributed by atoms with van der Waals surface area (Å²) < 4.78 is 28.9. The predicted octanol–water partition coefficient (Wildman–Crippen LogP) is -0.820. The summed E-state index contributed by atoms with van der Waals surface area (Å²) >= 11 is 0. The van der Waals surface area contributed by atoms with E-state index in [1.807, 2.05) is 0 Å². The van der Waals surface area contributed by atoms with Crippen LogP contribution >= 0.6 is 0 Å². The molecule has 12 heteroatoms. The molecule has 0 aliphatic rings. The van der Waals surface area contributed by atoms with Crippen LogP contribution in [0, 0.1) is 5.41 Å². The summed E-state index contributed by atoms with van der Waals surface area (Å²) in [6.45, 7) is 2.12. The largest absolute Gasteiger partial charge is 0.480 e. The molecule has 0 saturated heterocycles. The lowest BCUT2D eigenvalue weighted by molar-refractivity contribution is -0.173. The van der Waals surface area contributed by atoms with Gasteiger partial charge in [-0.1, -0.05) is 13.3 Å². The number of carboxylic acid groups (broad SMARTS) is 3. The summed E-state index contributed by atoms with van der Waals surface area (Å²) in [5, 5.41) is 29.7. The zero-order chi connectivity index (χ0) is 19.3. The zero-order valence-electron chi connectivity index (χ0n) is 13.0. The summed E-state index contributed by atoms with van der Waals surface area (Å²) in [6, 6.07) is 0. The third kappa shape index (κ3) is 3.64. The molecule has 0 aromatic carbocycles. The smallest absolute Gasteiger partial charge is 0.329 e. The van der Waals surface area contributed by atoms with Crippen molar-refractivity contribution >= 4 is 33.9 Å². The number of unbranched alkanes of at least 4 members (excludes halogenated alkanes) is 1. The van der Waals surface area contributed by atoms with Gasteiger partial charge in [0.1, 0.15) is 0 Å². The van der Waals surface area contributed by atoms with Gasteiger partial charge >= 0.3 is 17.9 Å². The van der Waals surface area contributed by atoms with E-state index in [1.165, 1.54) is 0 Å². The Kier molecular flexibility index (Phi) is 6.88. The Hall–Kier alpha value is -2.21. The number of carboxylic acids is 3. The van der Waals surface area contributed by atoms with Gasteiger partial charge in [0, 0.05) is 6.54 Å². The summed E-state index contributed by atoms with van der Waals surface area (Å²) in [7, 11) is -5.82. The number of rotatable bonds is 10. The molecular formula is C12H19NO10S. The Morgan fingerprint density at radius 1 is 1.00 bits per heavy atom. The summed E-state index contributed by atoms with van der Waals surface area (Å²) in [5.41, 5.74) is -3.52. The van der Waals surface area contributed by atoms with Crippen molar-refractivity contribution in [1.82, 2.24) is 5.32 Å². The van der Waals surface area contributed by atoms with Crippen LogP contribution < -0.4 is 5.32 Å². The van der Waals surface area contributed by atoms with Crippen molar-refractivity contribution in [2.24, 2.45) is 5.41 Å². The van der Waals surface area contributed by atoms with Gasteiger partial charge in [-0.2, -0.15) is 8.42 Å². The number of amides is 1. The first-order valence-corrected chi connectivity index (χ1v) is 8.17. The number of aliphatic carboxylic acids is 3. The maximum Gasteiger partial charge on any atom is 0.329 e. The lowest BCUT2D eigenvalue weighted by Gasteiger charge is -2.36. The maximum atomic E-state index is 11.8. The van der Waals surface area contributed by atoms with Crippen molar-refractivity contribution < 1.29 is 47.5 Å². The Morgan fingerprint density at radius 2 is 1.46 bits per heavy atom. The molecule has 0 aliphatic carbocycles. The molecule has 11 nitrogen and oxygen atoms in total. The standard InChI is InChI=1S/C12H19NO10S/c1-3-4-5-13-7(14)6-12(10(19)20,24(21,22)23)11(2,8(15)16)9(17)18/h3-6H2,1-2H3,(H,13,14)(H,15,16)(H,17,18)(H,19,20)(H,21,22,23). The number of nitrogens with one attached hydrogen (secondary N) is 1. The van der Waals surface area contributed by atoms with E-state index in [1.54, 1.807) is 6.92 Å². The number of hydrogen-bond acceptors (Lipinski definition) is 6. The van der Waals surface area contributed by atoms with Crippen LogP contribution in [0.2, 0.25) is 0 Å². The molecule has 0 spiro atoms. The first-order valence-electron chi connectivity index (χ1n) is 6.73. The molecular weight excluding hydrogens is 350 g/mol. The fourth-order valence-corrected chi connectivity index (χ4v) is 3.28. The van der Waals surface area contributed by atoms with Gasteiger partial charge in [-0.25, -0.2) is 0 Å². The molecule has 0 rings (SSSR count). The first-order chi connectivity index (χ1) is 10.8. The van der Waals surface area contributed by atoms with E-state index in [0.717, 1.165) is 0 Å². The summed E-state index contributed by atoms with van der Waals surface area (Å²) in [4.78, 5) is 46.1. The van der Waals surface area contributed by atoms with E-state index >= 15 is 0 Å². The molecule has 0 fully saturated rings. The lowest BCUT2D eigenvalue weighted by atomic mass is 9.74. The Morgan fingerprint density at radius 3 is 1.75 bits per heavy atom. The second-order valence-electron chi connectivity index (χ2n) is 5.22. The van der Waals surface area contributed by atoms with Crippen LogP contribution in [0.4, 0.5) is 0 Å². The number of carbonyl (C=O) groups excluding carboxylic acids is 1. The highest BCUT2D eigenvalue weighted by Gasteiger charge is 2.72. The van der Waals surface area contributed by atoms with Gasteiger partial charge in [-0.3, -0.25) is 23.7 Å². The van der Waals surface area contributed by atoms with Gasteiger partial charge in [0.2, 0.25) is 10.7 Å². The Labute approximate surface area is 137 Å². The molecule has 0 saturated carbocycles. The highest BCUT2D eigenvalue weighted by Crippen LogP contribution is 2.42. The van der Waals surface area contributed by atoms with E-state index in [2.05, 4.69) is 5.32 Å². The predicted molar refractivity (Wildman–Crippen MR) is 77.8 cm³/mol. The minimum absolute atomic E-state index is 0.0351. The van der Waals surface area contributed by atoms with Gasteiger partial charge in [-0.15, -0.1) is 0 Å². The highest BCUT2D eigenvalue weighted by molar-refractivity contribution is 7.88. The molecule has 0 aliphatic heterocycles. The SMILES string of the molecule is CCCCNC(=O)CC(C(=O)O)(C(C)(C(=O)O)C(=O)O)S(=O)(=O)O. The zero-order valence-corrected chi connectivity index (χ0v) is 13.8. The molecule has 0 aromatic heterocycles. The van der Waals surface area contributed by atoms with Crippen molar-refractivity contribution in [2.75, 3.05) is 6.54 Å². The lowest BCUT2D eigenvalue weighted by Crippen LogP contribution is -2.66. The molecule has 0 bridgehead atoms. The topological polar surface area (TPSA) is 195 Å². The van der Waals surface area contributed by atoms with Crippen molar-refractivity contribution in [3.05, 3.63) is 0 Å². The number of carbonyl (C=O) groups is 4. The van der Waals surface area contributed by atoms with Gasteiger partial charge < -0.3 is 20.6 Å². The molecule has 138 valence electrons. The van der Waals surface area contributed by atoms with Crippen LogP contribution in [-0.2, 0) is 29.3 Å². The van der Waals surface area contributed by atoms with Crippen LogP contribution in [0.5, 0.6) is 0 Å². The highest BCUT2D eigenvalue weighted by atomic mass is 32.2. The molecule has 0 aromatic rings. The van der Waals surface area contributed by atoms with E-state index in [4.69, 9.17) is 10.2 Å². The van der Waals surface area contributed by atoms with Crippen molar-refractivity contribution in [3.63, 3.8) is 0 Å².